The number of aromatic nitrogens is 2. The van der Waals surface area contributed by atoms with E-state index in [0.29, 0.717) is 28.6 Å². The second-order valence-electron chi connectivity index (χ2n) is 3.23. The van der Waals surface area contributed by atoms with E-state index < -0.39 is 5.82 Å². The average Bonchev–Trinajstić information content (AvgIpc) is 2.28. The molecule has 0 fully saturated rings. The summed E-state index contributed by atoms with van der Waals surface area (Å²) in [5.74, 6) is 0.00796. The van der Waals surface area contributed by atoms with Crippen molar-refractivity contribution in [1.82, 2.24) is 9.97 Å². The van der Waals surface area contributed by atoms with Gasteiger partial charge in [0.05, 0.1) is 5.69 Å². The Bertz CT molecular complexity index is 496. The molecule has 2 N–H and O–H groups in total. The Kier molecular flexibility index (Phi) is 3.12. The predicted molar refractivity (Wildman–Crippen MR) is 60.3 cm³/mol. The largest absolute Gasteiger partial charge is 0.325 e. The number of benzene rings is 1. The molecule has 0 saturated heterocycles. The molecule has 3 nitrogen and oxygen atoms in total. The fourth-order valence-corrected chi connectivity index (χ4v) is 1.55. The number of nitrogens with two attached hydrogens (primary N) is 1. The number of nitrogens with zero attached hydrogens (tertiary/aromatic N) is 2. The fraction of sp³-hybridized carbons (Fsp3) is 0.0909. The molecule has 0 aliphatic rings. The van der Waals surface area contributed by atoms with Gasteiger partial charge in [-0.05, 0) is 24.3 Å². The number of hydrogen-bond donors (Lipinski definition) is 1. The molecule has 1 aromatic heterocycles. The van der Waals surface area contributed by atoms with Crippen molar-refractivity contribution in [3.8, 4) is 11.4 Å². The van der Waals surface area contributed by atoms with Gasteiger partial charge in [-0.15, -0.1) is 0 Å². The Morgan fingerprint density at radius 1 is 1.31 bits per heavy atom. The van der Waals surface area contributed by atoms with Crippen molar-refractivity contribution in [3.63, 3.8) is 0 Å². The molecule has 82 valence electrons. The van der Waals surface area contributed by atoms with Gasteiger partial charge in [0.15, 0.2) is 5.82 Å². The Morgan fingerprint density at radius 2 is 2.12 bits per heavy atom. The summed E-state index contributed by atoms with van der Waals surface area (Å²) in [6.45, 7) is 0.318. The van der Waals surface area contributed by atoms with Gasteiger partial charge in [-0.3, -0.25) is 0 Å². The predicted octanol–water partition coefficient (Wildman–Crippen LogP) is 2.39. The van der Waals surface area contributed by atoms with E-state index in [4.69, 9.17) is 17.3 Å². The van der Waals surface area contributed by atoms with E-state index in [9.17, 15) is 4.39 Å². The van der Waals surface area contributed by atoms with Gasteiger partial charge in [-0.2, -0.15) is 0 Å². The molecule has 0 amide bonds. The van der Waals surface area contributed by atoms with Crippen molar-refractivity contribution in [1.29, 1.82) is 0 Å². The minimum atomic E-state index is -0.413. The second kappa shape index (κ2) is 4.55. The van der Waals surface area contributed by atoms with E-state index in [2.05, 4.69) is 9.97 Å². The minimum absolute atomic E-state index is 0.316. The third kappa shape index (κ3) is 2.35. The van der Waals surface area contributed by atoms with Gasteiger partial charge in [-0.1, -0.05) is 11.6 Å². The molecule has 0 aliphatic carbocycles. The van der Waals surface area contributed by atoms with Crippen molar-refractivity contribution in [2.75, 3.05) is 0 Å². The maximum atomic E-state index is 13.1. The van der Waals surface area contributed by atoms with Crippen LogP contribution in [0.15, 0.2) is 30.5 Å². The molecule has 1 aromatic carbocycles. The van der Waals surface area contributed by atoms with E-state index in [1.165, 1.54) is 12.1 Å². The lowest BCUT2D eigenvalue weighted by molar-refractivity contribution is 0.628. The highest BCUT2D eigenvalue weighted by Gasteiger charge is 2.05. The second-order valence-corrected chi connectivity index (χ2v) is 3.67. The summed E-state index contributed by atoms with van der Waals surface area (Å²) >= 11 is 5.75. The topological polar surface area (TPSA) is 51.8 Å². The smallest absolute Gasteiger partial charge is 0.159 e. The number of halogens is 2. The highest BCUT2D eigenvalue weighted by Crippen LogP contribution is 2.21. The van der Waals surface area contributed by atoms with Crippen LogP contribution in [0.5, 0.6) is 0 Å². The van der Waals surface area contributed by atoms with Crippen LogP contribution in [0.3, 0.4) is 0 Å². The summed E-state index contributed by atoms with van der Waals surface area (Å²) in [6.07, 6.45) is 1.59. The molecule has 0 bridgehead atoms. The SMILES string of the molecule is NCc1ccnc(-c2cc(F)cc(Cl)c2)n1. The first-order valence-corrected chi connectivity index (χ1v) is 5.05. The van der Waals surface area contributed by atoms with Crippen LogP contribution in [0, 0.1) is 5.82 Å². The Balaban J connectivity index is 2.49. The lowest BCUT2D eigenvalue weighted by atomic mass is 10.2. The van der Waals surface area contributed by atoms with Crippen LogP contribution in [0.4, 0.5) is 4.39 Å². The third-order valence-corrected chi connectivity index (χ3v) is 2.26. The Labute approximate surface area is 97.1 Å². The van der Waals surface area contributed by atoms with E-state index in [1.54, 1.807) is 18.3 Å². The summed E-state index contributed by atoms with van der Waals surface area (Å²) in [5, 5.41) is 0.316. The van der Waals surface area contributed by atoms with Crippen LogP contribution < -0.4 is 5.73 Å². The molecule has 0 unspecified atom stereocenters. The molecule has 5 heteroatoms. The number of rotatable bonds is 2. The third-order valence-electron chi connectivity index (χ3n) is 2.04. The van der Waals surface area contributed by atoms with Gasteiger partial charge < -0.3 is 5.73 Å². The summed E-state index contributed by atoms with van der Waals surface area (Å²) in [7, 11) is 0. The molecular weight excluding hydrogens is 229 g/mol. The van der Waals surface area contributed by atoms with E-state index in [-0.39, 0.29) is 0 Å². The Morgan fingerprint density at radius 3 is 2.81 bits per heavy atom. The Hall–Kier alpha value is -1.52. The van der Waals surface area contributed by atoms with Crippen LogP contribution in [0.25, 0.3) is 11.4 Å². The van der Waals surface area contributed by atoms with Crippen molar-refractivity contribution in [2.45, 2.75) is 6.54 Å². The number of hydrogen-bond acceptors (Lipinski definition) is 3. The molecule has 1 heterocycles. The lowest BCUT2D eigenvalue weighted by Crippen LogP contribution is -2.01. The zero-order valence-electron chi connectivity index (χ0n) is 8.32. The average molecular weight is 238 g/mol. The molecule has 0 saturated carbocycles. The summed E-state index contributed by atoms with van der Waals surface area (Å²) in [5.41, 5.74) is 6.71. The zero-order chi connectivity index (χ0) is 11.5. The maximum absolute atomic E-state index is 13.1. The van der Waals surface area contributed by atoms with E-state index in [0.717, 1.165) is 0 Å². The van der Waals surface area contributed by atoms with Crippen LogP contribution in [-0.4, -0.2) is 9.97 Å². The first kappa shape index (κ1) is 11.0. The van der Waals surface area contributed by atoms with Gasteiger partial charge in [-0.25, -0.2) is 14.4 Å². The molecule has 0 spiro atoms. The molecular formula is C11H9ClFN3. The molecule has 0 atom stereocenters. The fourth-order valence-electron chi connectivity index (χ4n) is 1.33. The molecule has 16 heavy (non-hydrogen) atoms. The van der Waals surface area contributed by atoms with Gasteiger partial charge in [0.25, 0.3) is 0 Å². The van der Waals surface area contributed by atoms with Crippen LogP contribution in [0.1, 0.15) is 5.69 Å². The van der Waals surface area contributed by atoms with Crippen molar-refractivity contribution in [3.05, 3.63) is 47.0 Å². The first-order valence-electron chi connectivity index (χ1n) is 4.67. The van der Waals surface area contributed by atoms with Gasteiger partial charge in [0.2, 0.25) is 0 Å². The van der Waals surface area contributed by atoms with Crippen molar-refractivity contribution < 1.29 is 4.39 Å². The van der Waals surface area contributed by atoms with Gasteiger partial charge >= 0.3 is 0 Å². The normalized spacial score (nSPS) is 10.4. The summed E-state index contributed by atoms with van der Waals surface area (Å²) in [4.78, 5) is 8.23. The lowest BCUT2D eigenvalue weighted by Gasteiger charge is -2.03. The van der Waals surface area contributed by atoms with E-state index >= 15 is 0 Å². The first-order chi connectivity index (χ1) is 7.69. The van der Waals surface area contributed by atoms with Crippen LogP contribution in [-0.2, 0) is 6.54 Å². The molecule has 2 aromatic rings. The summed E-state index contributed by atoms with van der Waals surface area (Å²) < 4.78 is 13.1. The zero-order valence-corrected chi connectivity index (χ0v) is 9.08. The molecule has 0 aliphatic heterocycles. The summed E-state index contributed by atoms with van der Waals surface area (Å²) in [6, 6.07) is 5.89. The van der Waals surface area contributed by atoms with Gasteiger partial charge in [0.1, 0.15) is 5.82 Å². The van der Waals surface area contributed by atoms with Crippen LogP contribution in [0.2, 0.25) is 5.02 Å². The van der Waals surface area contributed by atoms with Crippen LogP contribution >= 0.6 is 11.6 Å². The van der Waals surface area contributed by atoms with Gasteiger partial charge in [0, 0.05) is 23.3 Å². The monoisotopic (exact) mass is 237 g/mol. The molecule has 0 radical (unpaired) electrons. The standard InChI is InChI=1S/C11H9ClFN3/c12-8-3-7(4-9(13)5-8)11-15-2-1-10(6-14)16-11/h1-5H,6,14H2. The van der Waals surface area contributed by atoms with E-state index in [1.807, 2.05) is 0 Å². The quantitative estimate of drug-likeness (QED) is 0.873. The highest BCUT2D eigenvalue weighted by molar-refractivity contribution is 6.30. The maximum Gasteiger partial charge on any atom is 0.159 e. The highest BCUT2D eigenvalue weighted by atomic mass is 35.5. The van der Waals surface area contributed by atoms with Crippen molar-refractivity contribution >= 4 is 11.6 Å². The minimum Gasteiger partial charge on any atom is -0.325 e. The molecule has 2 rings (SSSR count). The van der Waals surface area contributed by atoms with Crippen molar-refractivity contribution in [2.24, 2.45) is 5.73 Å².